The Balaban J connectivity index is 1.33. The van der Waals surface area contributed by atoms with Crippen molar-refractivity contribution in [2.75, 3.05) is 18.0 Å². The Morgan fingerprint density at radius 2 is 1.95 bits per heavy atom. The number of piperidine rings is 1. The lowest BCUT2D eigenvalue weighted by atomic mass is 9.91. The number of likely N-dealkylation sites (tertiary alicyclic amines) is 1. The van der Waals surface area contributed by atoms with Crippen molar-refractivity contribution in [2.24, 2.45) is 0 Å². The van der Waals surface area contributed by atoms with E-state index < -0.39 is 23.2 Å². The Hall–Kier alpha value is -3.87. The number of para-hydroxylation sites is 1. The van der Waals surface area contributed by atoms with Crippen LogP contribution in [0.4, 0.5) is 5.69 Å². The topological polar surface area (TPSA) is 131 Å². The lowest BCUT2D eigenvalue weighted by molar-refractivity contribution is -0.156. The Morgan fingerprint density at radius 3 is 2.64 bits per heavy atom. The fraction of sp³-hybridized carbons (Fsp3) is 0.419. The number of hydrogen-bond donors (Lipinski definition) is 1. The monoisotopic (exact) mass is 640 g/mol. The number of esters is 1. The Kier molecular flexibility index (Phi) is 8.40. The van der Waals surface area contributed by atoms with E-state index >= 15 is 0 Å². The molecule has 1 aromatic carbocycles. The molecule has 1 N–H and O–H groups in total. The third-order valence-electron chi connectivity index (χ3n) is 8.36. The van der Waals surface area contributed by atoms with E-state index in [2.05, 4.69) is 29.2 Å². The van der Waals surface area contributed by atoms with Gasteiger partial charge in [-0.25, -0.2) is 9.59 Å². The molecular formula is C31H33ClN4O7S. The van der Waals surface area contributed by atoms with E-state index in [9.17, 15) is 14.4 Å². The summed E-state index contributed by atoms with van der Waals surface area (Å²) in [6.45, 7) is 7.27. The van der Waals surface area contributed by atoms with Crippen molar-refractivity contribution in [1.29, 1.82) is 0 Å². The summed E-state index contributed by atoms with van der Waals surface area (Å²) in [5.41, 5.74) is 0.286. The molecule has 1 unspecified atom stereocenters. The second kappa shape index (κ2) is 12.3. The summed E-state index contributed by atoms with van der Waals surface area (Å²) in [7, 11) is 0. The van der Waals surface area contributed by atoms with Crippen LogP contribution in [0.5, 0.6) is 0 Å². The number of amides is 1. The average molecular weight is 641 g/mol. The van der Waals surface area contributed by atoms with E-state index in [4.69, 9.17) is 29.7 Å². The van der Waals surface area contributed by atoms with Crippen LogP contribution in [0.2, 0.25) is 4.34 Å². The zero-order valence-electron chi connectivity index (χ0n) is 24.6. The number of aryl methyl sites for hydroxylation is 1. The van der Waals surface area contributed by atoms with Gasteiger partial charge in [-0.05, 0) is 57.4 Å². The Bertz CT molecular complexity index is 1720. The van der Waals surface area contributed by atoms with Crippen molar-refractivity contribution < 1.29 is 27.7 Å². The number of ether oxygens (including phenoxy) is 1. The van der Waals surface area contributed by atoms with Crippen LogP contribution in [0.25, 0.3) is 10.6 Å². The number of halogens is 1. The molecule has 2 aliphatic heterocycles. The first-order valence-corrected chi connectivity index (χ1v) is 15.7. The fourth-order valence-electron chi connectivity index (χ4n) is 5.93. The summed E-state index contributed by atoms with van der Waals surface area (Å²) < 4.78 is 22.0. The highest BCUT2D eigenvalue weighted by Gasteiger charge is 2.57. The van der Waals surface area contributed by atoms with Crippen LogP contribution in [0.1, 0.15) is 49.5 Å². The summed E-state index contributed by atoms with van der Waals surface area (Å²) in [6.07, 6.45) is 1.60. The average Bonchev–Trinajstić information content (AvgIpc) is 3.78. The van der Waals surface area contributed by atoms with Crippen LogP contribution >= 0.6 is 22.9 Å². The van der Waals surface area contributed by atoms with Gasteiger partial charge >= 0.3 is 11.8 Å². The molecule has 13 heteroatoms. The minimum absolute atomic E-state index is 0.0813. The van der Waals surface area contributed by atoms with Crippen molar-refractivity contribution >= 4 is 40.5 Å². The third-order valence-corrected chi connectivity index (χ3v) is 9.61. The molecular weight excluding hydrogens is 608 g/mol. The number of rotatable bonds is 9. The molecule has 44 heavy (non-hydrogen) atoms. The minimum atomic E-state index is -1.76. The molecule has 0 aliphatic carbocycles. The van der Waals surface area contributed by atoms with Crippen LogP contribution in [0, 0.1) is 6.92 Å². The summed E-state index contributed by atoms with van der Waals surface area (Å²) in [6, 6.07) is 13.2. The number of hydrogen-bond acceptors (Lipinski definition) is 11. The van der Waals surface area contributed by atoms with Crippen molar-refractivity contribution in [3.63, 3.8) is 0 Å². The molecule has 5 heterocycles. The molecule has 1 fully saturated rings. The number of fused-ring (bicyclic) bond motifs is 1. The van der Waals surface area contributed by atoms with Crippen LogP contribution in [-0.4, -0.2) is 52.6 Å². The van der Waals surface area contributed by atoms with Gasteiger partial charge < -0.3 is 33.2 Å². The van der Waals surface area contributed by atoms with Crippen molar-refractivity contribution in [3.8, 4) is 10.6 Å². The zero-order valence-corrected chi connectivity index (χ0v) is 26.2. The van der Waals surface area contributed by atoms with E-state index in [1.54, 1.807) is 24.0 Å². The second-order valence-corrected chi connectivity index (χ2v) is 13.1. The number of aromatic nitrogens is 1. The maximum absolute atomic E-state index is 14.5. The van der Waals surface area contributed by atoms with Gasteiger partial charge in [-0.3, -0.25) is 4.79 Å². The first-order valence-electron chi connectivity index (χ1n) is 14.5. The summed E-state index contributed by atoms with van der Waals surface area (Å²) >= 11 is 7.49. The summed E-state index contributed by atoms with van der Waals surface area (Å²) in [5, 5.41) is 7.45. The SMILES string of the molecule is Cc1oc(=O)oc1COC(=O)C1(C(=O)NC2CCN(C(C)C)CC2)Cc2ccccc2N1Cc1cc(-c2ccc(Cl)s2)on1. The van der Waals surface area contributed by atoms with E-state index in [-0.39, 0.29) is 37.1 Å². The van der Waals surface area contributed by atoms with E-state index in [0.29, 0.717) is 27.5 Å². The fourth-order valence-corrected chi connectivity index (χ4v) is 6.92. The predicted molar refractivity (Wildman–Crippen MR) is 164 cm³/mol. The van der Waals surface area contributed by atoms with E-state index in [1.165, 1.54) is 11.3 Å². The number of anilines is 1. The van der Waals surface area contributed by atoms with E-state index in [0.717, 1.165) is 36.4 Å². The molecule has 0 saturated carbocycles. The first kappa shape index (κ1) is 30.2. The van der Waals surface area contributed by atoms with Gasteiger partial charge in [0.2, 0.25) is 5.54 Å². The van der Waals surface area contributed by atoms with Gasteiger partial charge in [-0.15, -0.1) is 11.3 Å². The van der Waals surface area contributed by atoms with Crippen LogP contribution in [-0.2, 0) is 33.9 Å². The van der Waals surface area contributed by atoms with E-state index in [1.807, 2.05) is 30.3 Å². The number of carbonyl (C=O) groups excluding carboxylic acids is 2. The highest BCUT2D eigenvalue weighted by molar-refractivity contribution is 7.19. The Labute approximate surface area is 262 Å². The van der Waals surface area contributed by atoms with Gasteiger partial charge in [0.05, 0.1) is 15.8 Å². The summed E-state index contributed by atoms with van der Waals surface area (Å²) in [5.74, 6) is -1.31. The van der Waals surface area contributed by atoms with Crippen LogP contribution in [0.15, 0.2) is 60.6 Å². The molecule has 0 bridgehead atoms. The quantitative estimate of drug-likeness (QED) is 0.198. The standard InChI is InChI=1S/C31H33ClN4O7S/c1-18(2)35-12-10-21(11-13-35)33-28(37)31(29(38)40-17-25-19(3)41-30(39)42-25)15-20-6-4-5-7-23(20)36(31)16-22-14-24(43-34-22)26-8-9-27(32)44-26/h4-9,14,18,21H,10-13,15-17H2,1-3H3,(H,33,37). The van der Waals surface area contributed by atoms with Gasteiger partial charge in [0.1, 0.15) is 5.69 Å². The first-order chi connectivity index (χ1) is 21.1. The molecule has 0 spiro atoms. The normalized spacial score (nSPS) is 19.0. The molecule has 1 atom stereocenters. The number of nitrogens with one attached hydrogen (secondary N) is 1. The number of benzene rings is 1. The zero-order chi connectivity index (χ0) is 31.0. The lowest BCUT2D eigenvalue weighted by Crippen LogP contribution is -2.65. The van der Waals surface area contributed by atoms with Crippen LogP contribution < -0.4 is 16.0 Å². The second-order valence-electron chi connectivity index (χ2n) is 11.4. The third kappa shape index (κ3) is 5.81. The number of carbonyl (C=O) groups is 2. The molecule has 0 radical (unpaired) electrons. The van der Waals surface area contributed by atoms with Crippen molar-refractivity contribution in [1.82, 2.24) is 15.4 Å². The number of thiophene rings is 1. The molecule has 6 rings (SSSR count). The van der Waals surface area contributed by atoms with Gasteiger partial charge in [-0.2, -0.15) is 0 Å². The van der Waals surface area contributed by atoms with Gasteiger partial charge in [-0.1, -0.05) is 35.0 Å². The predicted octanol–water partition coefficient (Wildman–Crippen LogP) is 4.95. The molecule has 1 amide bonds. The highest BCUT2D eigenvalue weighted by atomic mass is 35.5. The highest BCUT2D eigenvalue weighted by Crippen LogP contribution is 2.42. The number of nitrogens with zero attached hydrogens (tertiary/aromatic N) is 3. The van der Waals surface area contributed by atoms with Crippen LogP contribution in [0.3, 0.4) is 0 Å². The van der Waals surface area contributed by atoms with Crippen molar-refractivity contribution in [2.45, 2.75) is 70.8 Å². The molecule has 3 aromatic heterocycles. The molecule has 2 aliphatic rings. The molecule has 1 saturated heterocycles. The molecule has 4 aromatic rings. The molecule has 11 nitrogen and oxygen atoms in total. The molecule has 232 valence electrons. The Morgan fingerprint density at radius 1 is 1.18 bits per heavy atom. The van der Waals surface area contributed by atoms with Gasteiger partial charge in [0.25, 0.3) is 5.91 Å². The summed E-state index contributed by atoms with van der Waals surface area (Å²) in [4.78, 5) is 45.2. The van der Waals surface area contributed by atoms with Gasteiger partial charge in [0.15, 0.2) is 23.9 Å². The minimum Gasteiger partial charge on any atom is -0.455 e. The van der Waals surface area contributed by atoms with Gasteiger partial charge in [0, 0.05) is 43.3 Å². The van der Waals surface area contributed by atoms with Crippen molar-refractivity contribution in [3.05, 3.63) is 80.2 Å². The largest absolute Gasteiger partial charge is 0.519 e. The smallest absolute Gasteiger partial charge is 0.455 e. The maximum atomic E-state index is 14.5. The lowest BCUT2D eigenvalue weighted by Gasteiger charge is -2.39. The maximum Gasteiger partial charge on any atom is 0.519 e.